The van der Waals surface area contributed by atoms with E-state index in [1.165, 1.54) is 4.31 Å². The van der Waals surface area contributed by atoms with E-state index in [9.17, 15) is 17.8 Å². The second kappa shape index (κ2) is 9.60. The maximum atomic E-state index is 13.7. The first-order valence-corrected chi connectivity index (χ1v) is 13.1. The van der Waals surface area contributed by atoms with Gasteiger partial charge in [-0.1, -0.05) is 0 Å². The molecule has 36 heavy (non-hydrogen) atoms. The van der Waals surface area contributed by atoms with Crippen molar-refractivity contribution >= 4 is 27.3 Å². The molecule has 5 rings (SSSR count). The number of amides is 1. The van der Waals surface area contributed by atoms with Crippen molar-refractivity contribution in [2.24, 2.45) is 0 Å². The van der Waals surface area contributed by atoms with Crippen LogP contribution in [0.15, 0.2) is 47.4 Å². The third-order valence-corrected chi connectivity index (χ3v) is 8.63. The van der Waals surface area contributed by atoms with E-state index in [1.807, 2.05) is 12.1 Å². The number of anilines is 2. The maximum Gasteiger partial charge on any atom is 0.256 e. The molecule has 2 aromatic carbocycles. The number of aromatic amines is 1. The molecule has 1 saturated heterocycles. The first kappa shape index (κ1) is 24.3. The van der Waals surface area contributed by atoms with Crippen molar-refractivity contribution in [3.63, 3.8) is 0 Å². The van der Waals surface area contributed by atoms with Gasteiger partial charge < -0.3 is 15.1 Å². The standard InChI is InChI=1S/C24H27F2N7O2S/c1-31-10-12-32(13-11-31)17-4-2-16(3-5-17)24(34)28-23-19-15-33(9-8-22(19)29-30-23)36(27,35)18-6-7-20(25)21(26)14-18/h2-7,14,27H,8-13,15H2,1H3,(H2,28,29,30,34). The van der Waals surface area contributed by atoms with Crippen molar-refractivity contribution < 1.29 is 17.8 Å². The number of likely N-dealkylation sites (N-methyl/N-ethyl adjacent to an activating group) is 1. The number of aromatic nitrogens is 2. The van der Waals surface area contributed by atoms with Crippen molar-refractivity contribution in [1.29, 1.82) is 4.78 Å². The van der Waals surface area contributed by atoms with Gasteiger partial charge in [-0.25, -0.2) is 22.1 Å². The number of benzene rings is 2. The quantitative estimate of drug-likeness (QED) is 0.484. The first-order chi connectivity index (χ1) is 17.2. The van der Waals surface area contributed by atoms with Crippen LogP contribution in [0.3, 0.4) is 0 Å². The van der Waals surface area contributed by atoms with Crippen LogP contribution in [0.25, 0.3) is 0 Å². The molecule has 190 valence electrons. The van der Waals surface area contributed by atoms with E-state index >= 15 is 0 Å². The smallest absolute Gasteiger partial charge is 0.256 e. The second-order valence-electron chi connectivity index (χ2n) is 9.04. The number of carbonyl (C=O) groups is 1. The number of H-pyrrole nitrogens is 1. The van der Waals surface area contributed by atoms with E-state index in [0.717, 1.165) is 55.8 Å². The molecule has 1 aromatic heterocycles. The van der Waals surface area contributed by atoms with Crippen LogP contribution in [-0.2, 0) is 22.9 Å². The molecular formula is C24H27F2N7O2S. The second-order valence-corrected chi connectivity index (χ2v) is 11.1. The predicted molar refractivity (Wildman–Crippen MR) is 132 cm³/mol. The van der Waals surface area contributed by atoms with Crippen LogP contribution in [0.2, 0.25) is 0 Å². The zero-order valence-corrected chi connectivity index (χ0v) is 20.6. The molecule has 9 nitrogen and oxygen atoms in total. The minimum Gasteiger partial charge on any atom is -0.369 e. The van der Waals surface area contributed by atoms with Gasteiger partial charge in [0.05, 0.1) is 4.90 Å². The van der Waals surface area contributed by atoms with Gasteiger partial charge in [0.1, 0.15) is 9.92 Å². The van der Waals surface area contributed by atoms with Gasteiger partial charge in [-0.05, 0) is 49.5 Å². The summed E-state index contributed by atoms with van der Waals surface area (Å²) in [7, 11) is -1.47. The summed E-state index contributed by atoms with van der Waals surface area (Å²) >= 11 is 0. The van der Waals surface area contributed by atoms with Gasteiger partial charge in [-0.3, -0.25) is 9.89 Å². The van der Waals surface area contributed by atoms with Gasteiger partial charge in [0.25, 0.3) is 5.91 Å². The Balaban J connectivity index is 1.29. The Morgan fingerprint density at radius 3 is 2.47 bits per heavy atom. The minimum absolute atomic E-state index is 0.0606. The average Bonchev–Trinajstić information content (AvgIpc) is 3.28. The fourth-order valence-corrected chi connectivity index (χ4v) is 5.93. The lowest BCUT2D eigenvalue weighted by Gasteiger charge is -2.34. The van der Waals surface area contributed by atoms with Crippen LogP contribution < -0.4 is 10.2 Å². The lowest BCUT2D eigenvalue weighted by atomic mass is 10.1. The van der Waals surface area contributed by atoms with Gasteiger partial charge in [0.15, 0.2) is 17.5 Å². The molecule has 0 bridgehead atoms. The van der Waals surface area contributed by atoms with E-state index in [-0.39, 0.29) is 23.9 Å². The molecule has 3 N–H and O–H groups in total. The summed E-state index contributed by atoms with van der Waals surface area (Å²) in [6.45, 7) is 4.17. The number of piperazine rings is 1. The molecule has 2 aliphatic rings. The number of nitrogens with one attached hydrogen (secondary N) is 3. The Morgan fingerprint density at radius 2 is 1.78 bits per heavy atom. The van der Waals surface area contributed by atoms with Crippen LogP contribution in [0.1, 0.15) is 21.6 Å². The molecule has 12 heteroatoms. The van der Waals surface area contributed by atoms with Crippen LogP contribution in [-0.4, -0.2) is 69.3 Å². The van der Waals surface area contributed by atoms with Gasteiger partial charge in [-0.15, -0.1) is 0 Å². The third kappa shape index (κ3) is 4.71. The molecule has 0 radical (unpaired) electrons. The summed E-state index contributed by atoms with van der Waals surface area (Å²) in [5.74, 6) is -2.26. The molecule has 0 spiro atoms. The van der Waals surface area contributed by atoms with Crippen molar-refractivity contribution in [3.8, 4) is 0 Å². The normalized spacial score (nSPS) is 18.5. The molecule has 1 amide bonds. The Hall–Kier alpha value is -3.35. The number of fused-ring (bicyclic) bond motifs is 1. The summed E-state index contributed by atoms with van der Waals surface area (Å²) in [6, 6.07) is 10.2. The largest absolute Gasteiger partial charge is 0.369 e. The fourth-order valence-electron chi connectivity index (χ4n) is 4.46. The van der Waals surface area contributed by atoms with Gasteiger partial charge in [0, 0.05) is 68.2 Å². The van der Waals surface area contributed by atoms with Gasteiger partial charge >= 0.3 is 0 Å². The zero-order valence-electron chi connectivity index (χ0n) is 19.8. The average molecular weight is 516 g/mol. The first-order valence-electron chi connectivity index (χ1n) is 11.6. The van der Waals surface area contributed by atoms with Gasteiger partial charge in [-0.2, -0.15) is 5.10 Å². The Kier molecular flexibility index (Phi) is 6.49. The highest BCUT2D eigenvalue weighted by Gasteiger charge is 2.30. The molecule has 1 unspecified atom stereocenters. The SMILES string of the molecule is CN1CCN(c2ccc(C(=O)Nc3n[nH]c4c3CN(S(=N)(=O)c3ccc(F)c(F)c3)CC4)cc2)CC1. The molecule has 1 fully saturated rings. The molecule has 0 aliphatic carbocycles. The lowest BCUT2D eigenvalue weighted by molar-refractivity contribution is 0.102. The molecule has 3 heterocycles. The summed E-state index contributed by atoms with van der Waals surface area (Å²) in [5, 5.41) is 9.93. The predicted octanol–water partition coefficient (Wildman–Crippen LogP) is 3.07. The number of carbonyl (C=O) groups excluding carboxylic acids is 1. The van der Waals surface area contributed by atoms with Gasteiger partial charge in [0.2, 0.25) is 0 Å². The molecule has 1 atom stereocenters. The maximum absolute atomic E-state index is 13.7. The Labute approximate surface area is 208 Å². The van der Waals surface area contributed by atoms with E-state index in [2.05, 4.69) is 32.4 Å². The monoisotopic (exact) mass is 515 g/mol. The molecule has 0 saturated carbocycles. The Bertz CT molecular complexity index is 1380. The van der Waals surface area contributed by atoms with Crippen LogP contribution >= 0.6 is 0 Å². The summed E-state index contributed by atoms with van der Waals surface area (Å²) in [5.41, 5.74) is 2.93. The minimum atomic E-state index is -3.57. The Morgan fingerprint density at radius 1 is 1.06 bits per heavy atom. The van der Waals surface area contributed by atoms with Crippen LogP contribution in [0, 0.1) is 16.4 Å². The van der Waals surface area contributed by atoms with Crippen LogP contribution in [0.4, 0.5) is 20.3 Å². The molecular weight excluding hydrogens is 488 g/mol. The van der Waals surface area contributed by atoms with Crippen molar-refractivity contribution in [1.82, 2.24) is 19.4 Å². The van der Waals surface area contributed by atoms with E-state index in [4.69, 9.17) is 4.78 Å². The van der Waals surface area contributed by atoms with Crippen molar-refractivity contribution in [3.05, 3.63) is 70.9 Å². The molecule has 2 aliphatic heterocycles. The highest BCUT2D eigenvalue weighted by molar-refractivity contribution is 7.90. The number of rotatable bonds is 5. The summed E-state index contributed by atoms with van der Waals surface area (Å²) < 4.78 is 50.1. The highest BCUT2D eigenvalue weighted by atomic mass is 32.2. The van der Waals surface area contributed by atoms with Crippen molar-refractivity contribution in [2.75, 3.05) is 50.0 Å². The fraction of sp³-hybridized carbons (Fsp3) is 0.333. The van der Waals surface area contributed by atoms with Crippen LogP contribution in [0.5, 0.6) is 0 Å². The number of halogens is 2. The van der Waals surface area contributed by atoms with E-state index in [1.54, 1.807) is 12.1 Å². The topological polar surface area (TPSA) is 108 Å². The van der Waals surface area contributed by atoms with E-state index in [0.29, 0.717) is 23.4 Å². The lowest BCUT2D eigenvalue weighted by Crippen LogP contribution is -2.44. The summed E-state index contributed by atoms with van der Waals surface area (Å²) in [6.07, 6.45) is 0.414. The van der Waals surface area contributed by atoms with E-state index < -0.39 is 21.5 Å². The van der Waals surface area contributed by atoms with Crippen molar-refractivity contribution in [2.45, 2.75) is 17.9 Å². The zero-order chi connectivity index (χ0) is 25.4. The summed E-state index contributed by atoms with van der Waals surface area (Å²) in [4.78, 5) is 17.4. The number of hydrogen-bond donors (Lipinski definition) is 3. The number of nitrogens with zero attached hydrogens (tertiary/aromatic N) is 4. The molecule has 3 aromatic rings. The number of hydrogen-bond acceptors (Lipinski definition) is 6. The third-order valence-electron chi connectivity index (χ3n) is 6.70. The highest BCUT2D eigenvalue weighted by Crippen LogP contribution is 2.29.